The number of hydrogen-bond donors (Lipinski definition) is 2. The van der Waals surface area contributed by atoms with Crippen LogP contribution < -0.4 is 10.6 Å². The third kappa shape index (κ3) is 5.22. The molecule has 1 aromatic carbocycles. The summed E-state index contributed by atoms with van der Waals surface area (Å²) < 4.78 is 0. The maximum Gasteiger partial charge on any atom is 0.252 e. The summed E-state index contributed by atoms with van der Waals surface area (Å²) >= 11 is 0. The first-order valence-corrected chi connectivity index (χ1v) is 9.92. The number of hydrogen-bond acceptors (Lipinski definition) is 4. The summed E-state index contributed by atoms with van der Waals surface area (Å²) in [6.07, 6.45) is 1.43. The van der Waals surface area contributed by atoms with Crippen LogP contribution in [0.3, 0.4) is 0 Å². The highest BCUT2D eigenvalue weighted by molar-refractivity contribution is 6.01. The van der Waals surface area contributed by atoms with Crippen LogP contribution in [-0.4, -0.2) is 47.0 Å². The molecule has 0 aromatic heterocycles. The van der Waals surface area contributed by atoms with Gasteiger partial charge in [0.25, 0.3) is 5.91 Å². The first-order chi connectivity index (χ1) is 13.4. The van der Waals surface area contributed by atoms with E-state index in [1.807, 2.05) is 20.8 Å². The number of nitrogens with one attached hydrogen (secondary N) is 2. The van der Waals surface area contributed by atoms with Gasteiger partial charge in [-0.05, 0) is 49.8 Å². The number of anilines is 1. The van der Waals surface area contributed by atoms with E-state index in [0.717, 1.165) is 6.42 Å². The first-order valence-electron chi connectivity index (χ1n) is 9.92. The van der Waals surface area contributed by atoms with Gasteiger partial charge in [-0.15, -0.1) is 0 Å². The van der Waals surface area contributed by atoms with Crippen molar-refractivity contribution >= 4 is 29.2 Å². The SMILES string of the molecule is CC(=O)Nc1cccc(C(=O)N[C@H](C(=O)N2CCC[C@H]2C(C)=O)C(C)(C)C)c1C. The van der Waals surface area contributed by atoms with Crippen molar-refractivity contribution in [1.29, 1.82) is 0 Å². The average Bonchev–Trinajstić information content (AvgIpc) is 3.09. The summed E-state index contributed by atoms with van der Waals surface area (Å²) in [5.41, 5.74) is 1.03. The lowest BCUT2D eigenvalue weighted by atomic mass is 9.85. The minimum absolute atomic E-state index is 0.0336. The van der Waals surface area contributed by atoms with Crippen LogP contribution in [0, 0.1) is 12.3 Å². The van der Waals surface area contributed by atoms with Gasteiger partial charge < -0.3 is 15.5 Å². The van der Waals surface area contributed by atoms with Crippen molar-refractivity contribution in [2.24, 2.45) is 5.41 Å². The van der Waals surface area contributed by atoms with Crippen molar-refractivity contribution in [2.45, 2.75) is 66.5 Å². The quantitative estimate of drug-likeness (QED) is 0.793. The molecule has 3 amide bonds. The lowest BCUT2D eigenvalue weighted by molar-refractivity contribution is -0.140. The Kier molecular flexibility index (Phi) is 6.82. The molecule has 1 heterocycles. The predicted molar refractivity (Wildman–Crippen MR) is 112 cm³/mol. The fraction of sp³-hybridized carbons (Fsp3) is 0.545. The molecule has 0 bridgehead atoms. The van der Waals surface area contributed by atoms with Gasteiger partial charge in [0.05, 0.1) is 6.04 Å². The average molecular weight is 402 g/mol. The van der Waals surface area contributed by atoms with Crippen LogP contribution in [0.15, 0.2) is 18.2 Å². The molecule has 1 aromatic rings. The molecule has 1 aliphatic rings. The smallest absolute Gasteiger partial charge is 0.252 e. The van der Waals surface area contributed by atoms with E-state index in [-0.39, 0.29) is 23.5 Å². The van der Waals surface area contributed by atoms with Gasteiger partial charge in [-0.25, -0.2) is 0 Å². The molecule has 1 aliphatic heterocycles. The largest absolute Gasteiger partial charge is 0.340 e. The minimum atomic E-state index is -0.779. The van der Waals surface area contributed by atoms with Crippen LogP contribution in [0.1, 0.15) is 63.4 Å². The van der Waals surface area contributed by atoms with Crippen molar-refractivity contribution in [3.63, 3.8) is 0 Å². The molecule has 0 saturated carbocycles. The molecule has 1 saturated heterocycles. The molecule has 2 N–H and O–H groups in total. The zero-order valence-corrected chi connectivity index (χ0v) is 18.1. The van der Waals surface area contributed by atoms with E-state index in [1.54, 1.807) is 30.0 Å². The zero-order valence-electron chi connectivity index (χ0n) is 18.1. The van der Waals surface area contributed by atoms with Crippen LogP contribution in [-0.2, 0) is 14.4 Å². The Morgan fingerprint density at radius 1 is 1.14 bits per heavy atom. The van der Waals surface area contributed by atoms with Gasteiger partial charge in [-0.2, -0.15) is 0 Å². The Labute approximate surface area is 172 Å². The summed E-state index contributed by atoms with van der Waals surface area (Å²) in [6, 6.07) is 3.87. The third-order valence-corrected chi connectivity index (χ3v) is 5.28. The Morgan fingerprint density at radius 3 is 2.34 bits per heavy atom. The van der Waals surface area contributed by atoms with Gasteiger partial charge in [0, 0.05) is 24.7 Å². The zero-order chi connectivity index (χ0) is 21.9. The van der Waals surface area contributed by atoms with Crippen molar-refractivity contribution in [3.05, 3.63) is 29.3 Å². The van der Waals surface area contributed by atoms with E-state index < -0.39 is 17.5 Å². The van der Waals surface area contributed by atoms with Crippen LogP contribution in [0.25, 0.3) is 0 Å². The second-order valence-corrected chi connectivity index (χ2v) is 8.73. The Balaban J connectivity index is 2.30. The Hall–Kier alpha value is -2.70. The number of amides is 3. The number of carbonyl (C=O) groups is 4. The van der Waals surface area contributed by atoms with E-state index >= 15 is 0 Å². The lowest BCUT2D eigenvalue weighted by Crippen LogP contribution is -2.56. The highest BCUT2D eigenvalue weighted by atomic mass is 16.2. The van der Waals surface area contributed by atoms with Gasteiger partial charge in [0.15, 0.2) is 5.78 Å². The fourth-order valence-electron chi connectivity index (χ4n) is 3.68. The molecule has 0 radical (unpaired) electrons. The fourth-order valence-corrected chi connectivity index (χ4v) is 3.68. The predicted octanol–water partition coefficient (Wildman–Crippen LogP) is 2.68. The highest BCUT2D eigenvalue weighted by Crippen LogP contribution is 2.27. The molecule has 0 aliphatic carbocycles. The summed E-state index contributed by atoms with van der Waals surface area (Å²) in [7, 11) is 0. The van der Waals surface area contributed by atoms with Crippen LogP contribution in [0.5, 0.6) is 0 Å². The van der Waals surface area contributed by atoms with E-state index in [1.165, 1.54) is 13.8 Å². The molecule has 2 atom stereocenters. The summed E-state index contributed by atoms with van der Waals surface area (Å²) in [6.45, 7) is 10.8. The topological polar surface area (TPSA) is 95.6 Å². The molecule has 158 valence electrons. The van der Waals surface area contributed by atoms with E-state index in [9.17, 15) is 19.2 Å². The number of Topliss-reactive ketones (excluding diaryl/α,β-unsaturated/α-hetero) is 1. The van der Waals surface area contributed by atoms with Crippen molar-refractivity contribution in [1.82, 2.24) is 10.2 Å². The first kappa shape index (κ1) is 22.6. The summed E-state index contributed by atoms with van der Waals surface area (Å²) in [4.78, 5) is 51.2. The van der Waals surface area contributed by atoms with Crippen LogP contribution in [0.4, 0.5) is 5.69 Å². The summed E-state index contributed by atoms with van der Waals surface area (Å²) in [5.74, 6) is -0.882. The highest BCUT2D eigenvalue weighted by Gasteiger charge is 2.41. The molecule has 29 heavy (non-hydrogen) atoms. The van der Waals surface area contributed by atoms with Crippen molar-refractivity contribution < 1.29 is 19.2 Å². The number of nitrogens with zero attached hydrogens (tertiary/aromatic N) is 1. The number of carbonyl (C=O) groups excluding carboxylic acids is 4. The Bertz CT molecular complexity index is 826. The van der Waals surface area contributed by atoms with Crippen LogP contribution >= 0.6 is 0 Å². The van der Waals surface area contributed by atoms with Gasteiger partial charge in [-0.3, -0.25) is 19.2 Å². The normalized spacial score (nSPS) is 17.6. The molecule has 7 nitrogen and oxygen atoms in total. The summed E-state index contributed by atoms with van der Waals surface area (Å²) in [5, 5.41) is 5.58. The maximum absolute atomic E-state index is 13.3. The van der Waals surface area contributed by atoms with E-state index in [2.05, 4.69) is 10.6 Å². The molecule has 1 fully saturated rings. The molecule has 0 unspecified atom stereocenters. The molecule has 0 spiro atoms. The van der Waals surface area contributed by atoms with Gasteiger partial charge in [0.1, 0.15) is 6.04 Å². The van der Waals surface area contributed by atoms with Crippen molar-refractivity contribution in [3.8, 4) is 0 Å². The number of rotatable bonds is 5. The molecule has 7 heteroatoms. The second kappa shape index (κ2) is 8.76. The van der Waals surface area contributed by atoms with Gasteiger partial charge >= 0.3 is 0 Å². The van der Waals surface area contributed by atoms with Gasteiger partial charge in [-0.1, -0.05) is 26.8 Å². The van der Waals surface area contributed by atoms with E-state index in [4.69, 9.17) is 0 Å². The lowest BCUT2D eigenvalue weighted by Gasteiger charge is -2.35. The number of ketones is 1. The molecule has 2 rings (SSSR count). The minimum Gasteiger partial charge on any atom is -0.340 e. The number of likely N-dealkylation sites (tertiary alicyclic amines) is 1. The maximum atomic E-state index is 13.3. The van der Waals surface area contributed by atoms with E-state index in [0.29, 0.717) is 29.8 Å². The van der Waals surface area contributed by atoms with Crippen LogP contribution in [0.2, 0.25) is 0 Å². The number of benzene rings is 1. The monoisotopic (exact) mass is 401 g/mol. The third-order valence-electron chi connectivity index (χ3n) is 5.28. The molecular formula is C22H31N3O4. The molecular weight excluding hydrogens is 370 g/mol. The standard InChI is InChI=1S/C22H31N3O4/c1-13-16(9-7-10-17(13)23-15(3)27)20(28)24-19(22(4,5)6)21(29)25-12-8-11-18(25)14(2)26/h7,9-10,18-19H,8,11-12H2,1-6H3,(H,23,27)(H,24,28)/t18-,19+/m0/s1. The van der Waals surface area contributed by atoms with Crippen molar-refractivity contribution in [2.75, 3.05) is 11.9 Å². The second-order valence-electron chi connectivity index (χ2n) is 8.73. The Morgan fingerprint density at radius 2 is 1.79 bits per heavy atom. The van der Waals surface area contributed by atoms with Gasteiger partial charge in [0.2, 0.25) is 11.8 Å².